The van der Waals surface area contributed by atoms with Crippen molar-refractivity contribution in [2.24, 2.45) is 17.8 Å². The van der Waals surface area contributed by atoms with Crippen molar-refractivity contribution in [1.29, 1.82) is 0 Å². The molecule has 1 aromatic carbocycles. The summed E-state index contributed by atoms with van der Waals surface area (Å²) in [5, 5.41) is 1.27. The lowest BCUT2D eigenvalue weighted by Gasteiger charge is -2.57. The average Bonchev–Trinajstić information content (AvgIpc) is 2.72. The fourth-order valence-corrected chi connectivity index (χ4v) is 7.09. The number of carbonyl (C=O) groups is 1. The van der Waals surface area contributed by atoms with E-state index >= 15 is 0 Å². The summed E-state index contributed by atoms with van der Waals surface area (Å²) in [5.41, 5.74) is 3.28. The zero-order valence-corrected chi connectivity index (χ0v) is 16.4. The number of fused-ring (bicyclic) bond motifs is 1. The predicted molar refractivity (Wildman–Crippen MR) is 108 cm³/mol. The van der Waals surface area contributed by atoms with Gasteiger partial charge in [0.05, 0.1) is 18.7 Å². The summed E-state index contributed by atoms with van der Waals surface area (Å²) in [5.74, 6) is 2.73. The Morgan fingerprint density at radius 1 is 1.00 bits per heavy atom. The van der Waals surface area contributed by atoms with E-state index in [9.17, 15) is 4.79 Å². The quantitative estimate of drug-likeness (QED) is 0.790. The molecule has 0 atom stereocenters. The number of carbonyl (C=O) groups excluding carboxylic acids is 1. The van der Waals surface area contributed by atoms with Gasteiger partial charge in [-0.3, -0.25) is 4.79 Å². The van der Waals surface area contributed by atoms with Crippen molar-refractivity contribution in [2.45, 2.75) is 43.9 Å². The van der Waals surface area contributed by atoms with Crippen molar-refractivity contribution in [3.8, 4) is 0 Å². The maximum Gasteiger partial charge on any atom is 0.272 e. The van der Waals surface area contributed by atoms with Crippen molar-refractivity contribution < 1.29 is 9.53 Å². The molecule has 1 aliphatic heterocycles. The fraction of sp³-hybridized carbons (Fsp3) is 0.583. The number of rotatable bonds is 2. The molecule has 5 aliphatic rings. The standard InChI is InChI=1S/C24H28N2O2/c27-23(26-5-7-28-8-6-26)22-12-20(19-3-1-2-4-21(19)25-22)24-13-16-9-17(14-24)11-18(10-16)15-24/h1-4,12,16-18H,5-11,13-15H2. The van der Waals surface area contributed by atoms with Crippen LogP contribution in [0.1, 0.15) is 54.6 Å². The third-order valence-corrected chi connectivity index (χ3v) is 7.84. The highest BCUT2D eigenvalue weighted by Gasteiger charge is 2.52. The molecule has 0 N–H and O–H groups in total. The molecule has 4 heteroatoms. The molecule has 0 radical (unpaired) electrons. The number of aromatic nitrogens is 1. The number of amides is 1. The van der Waals surface area contributed by atoms with E-state index in [0.29, 0.717) is 32.0 Å². The number of benzene rings is 1. The van der Waals surface area contributed by atoms with Gasteiger partial charge in [0.25, 0.3) is 5.91 Å². The second kappa shape index (κ2) is 6.28. The van der Waals surface area contributed by atoms with Crippen LogP contribution < -0.4 is 0 Å². The minimum atomic E-state index is 0.0695. The van der Waals surface area contributed by atoms with Gasteiger partial charge in [0.2, 0.25) is 0 Å². The van der Waals surface area contributed by atoms with Gasteiger partial charge in [-0.1, -0.05) is 18.2 Å². The van der Waals surface area contributed by atoms with Crippen LogP contribution >= 0.6 is 0 Å². The predicted octanol–water partition coefficient (Wildman–Crippen LogP) is 4.18. The first-order valence-corrected chi connectivity index (χ1v) is 11.0. The summed E-state index contributed by atoms with van der Waals surface area (Å²) in [4.78, 5) is 19.9. The average molecular weight is 377 g/mol. The van der Waals surface area contributed by atoms with E-state index in [0.717, 1.165) is 23.3 Å². The number of hydrogen-bond donors (Lipinski definition) is 0. The Morgan fingerprint density at radius 2 is 1.64 bits per heavy atom. The van der Waals surface area contributed by atoms with Crippen LogP contribution in [0, 0.1) is 17.8 Å². The molecule has 7 rings (SSSR count). The summed E-state index contributed by atoms with van der Waals surface area (Å²) in [6, 6.07) is 10.6. The fourth-order valence-electron chi connectivity index (χ4n) is 7.09. The Labute approximate surface area is 166 Å². The Balaban J connectivity index is 1.47. The Morgan fingerprint density at radius 3 is 2.32 bits per heavy atom. The van der Waals surface area contributed by atoms with Crippen molar-refractivity contribution in [2.75, 3.05) is 26.3 Å². The molecule has 0 spiro atoms. The first-order valence-electron chi connectivity index (χ1n) is 11.0. The molecule has 2 heterocycles. The van der Waals surface area contributed by atoms with Crippen molar-refractivity contribution in [1.82, 2.24) is 9.88 Å². The van der Waals surface area contributed by atoms with E-state index in [1.54, 1.807) is 0 Å². The zero-order chi connectivity index (χ0) is 18.7. The van der Waals surface area contributed by atoms with E-state index < -0.39 is 0 Å². The molecule has 0 unspecified atom stereocenters. The highest BCUT2D eigenvalue weighted by molar-refractivity contribution is 5.96. The molecule has 146 valence electrons. The Bertz CT molecular complexity index is 896. The smallest absolute Gasteiger partial charge is 0.272 e. The molecule has 5 fully saturated rings. The van der Waals surface area contributed by atoms with Gasteiger partial charge < -0.3 is 9.64 Å². The third kappa shape index (κ3) is 2.61. The molecule has 4 aliphatic carbocycles. The van der Waals surface area contributed by atoms with Gasteiger partial charge in [0.1, 0.15) is 5.69 Å². The molecule has 1 amide bonds. The van der Waals surface area contributed by atoms with Crippen LogP contribution in [0.25, 0.3) is 10.9 Å². The second-order valence-electron chi connectivity index (χ2n) is 9.67. The van der Waals surface area contributed by atoms with Crippen LogP contribution in [0.2, 0.25) is 0 Å². The molecule has 28 heavy (non-hydrogen) atoms. The lowest BCUT2D eigenvalue weighted by Crippen LogP contribution is -2.48. The largest absolute Gasteiger partial charge is 0.378 e. The van der Waals surface area contributed by atoms with Gasteiger partial charge in [0, 0.05) is 18.5 Å². The Kier molecular flexibility index (Phi) is 3.81. The zero-order valence-electron chi connectivity index (χ0n) is 16.4. The second-order valence-corrected chi connectivity index (χ2v) is 9.67. The molecule has 4 saturated carbocycles. The summed E-state index contributed by atoms with van der Waals surface area (Å²) in [7, 11) is 0. The van der Waals surface area contributed by atoms with E-state index in [4.69, 9.17) is 9.72 Å². The normalized spacial score (nSPS) is 34.1. The monoisotopic (exact) mass is 376 g/mol. The van der Waals surface area contributed by atoms with Crippen LogP contribution in [0.5, 0.6) is 0 Å². The summed E-state index contributed by atoms with van der Waals surface area (Å²) in [6.07, 6.45) is 8.21. The van der Waals surface area contributed by atoms with Gasteiger partial charge in [0.15, 0.2) is 0 Å². The number of para-hydroxylation sites is 1. The highest BCUT2D eigenvalue weighted by Crippen LogP contribution is 2.61. The SMILES string of the molecule is O=C(c1cc(C23CC4CC(CC(C4)C2)C3)c2ccccc2n1)N1CCOCC1. The van der Waals surface area contributed by atoms with Crippen LogP contribution in [0.4, 0.5) is 0 Å². The molecule has 2 aromatic rings. The molecule has 1 aromatic heterocycles. The minimum absolute atomic E-state index is 0.0695. The first-order chi connectivity index (χ1) is 13.7. The van der Waals surface area contributed by atoms with Crippen LogP contribution in [-0.2, 0) is 10.2 Å². The molecule has 4 nitrogen and oxygen atoms in total. The number of pyridine rings is 1. The molecule has 1 saturated heterocycles. The highest BCUT2D eigenvalue weighted by atomic mass is 16.5. The van der Waals surface area contributed by atoms with E-state index in [2.05, 4.69) is 24.3 Å². The molecule has 4 bridgehead atoms. The number of hydrogen-bond acceptors (Lipinski definition) is 3. The van der Waals surface area contributed by atoms with Crippen LogP contribution in [-0.4, -0.2) is 42.1 Å². The van der Waals surface area contributed by atoms with Crippen LogP contribution in [0.3, 0.4) is 0 Å². The van der Waals surface area contributed by atoms with Gasteiger partial charge in [-0.05, 0) is 79.4 Å². The van der Waals surface area contributed by atoms with Crippen molar-refractivity contribution in [3.63, 3.8) is 0 Å². The third-order valence-electron chi connectivity index (χ3n) is 7.84. The number of nitrogens with zero attached hydrogens (tertiary/aromatic N) is 2. The molecular weight excluding hydrogens is 348 g/mol. The number of morpholine rings is 1. The van der Waals surface area contributed by atoms with E-state index in [-0.39, 0.29) is 11.3 Å². The lowest BCUT2D eigenvalue weighted by atomic mass is 9.48. The summed E-state index contributed by atoms with van der Waals surface area (Å²) < 4.78 is 5.43. The number of ether oxygens (including phenoxy) is 1. The van der Waals surface area contributed by atoms with E-state index in [1.165, 1.54) is 49.5 Å². The van der Waals surface area contributed by atoms with Gasteiger partial charge >= 0.3 is 0 Å². The minimum Gasteiger partial charge on any atom is -0.378 e. The van der Waals surface area contributed by atoms with Crippen LogP contribution in [0.15, 0.2) is 30.3 Å². The Hall–Kier alpha value is -1.94. The summed E-state index contributed by atoms with van der Waals surface area (Å²) >= 11 is 0. The van der Waals surface area contributed by atoms with Gasteiger partial charge in [-0.15, -0.1) is 0 Å². The van der Waals surface area contributed by atoms with Gasteiger partial charge in [-0.2, -0.15) is 0 Å². The lowest BCUT2D eigenvalue weighted by molar-refractivity contribution is -0.00457. The molecular formula is C24H28N2O2. The topological polar surface area (TPSA) is 42.4 Å². The van der Waals surface area contributed by atoms with Crippen molar-refractivity contribution in [3.05, 3.63) is 41.6 Å². The maximum absolute atomic E-state index is 13.2. The first kappa shape index (κ1) is 17.0. The van der Waals surface area contributed by atoms with E-state index in [1.807, 2.05) is 11.0 Å². The maximum atomic E-state index is 13.2. The van der Waals surface area contributed by atoms with Gasteiger partial charge in [-0.25, -0.2) is 4.98 Å². The van der Waals surface area contributed by atoms with Crippen molar-refractivity contribution >= 4 is 16.8 Å². The summed E-state index contributed by atoms with van der Waals surface area (Å²) in [6.45, 7) is 2.59.